The van der Waals surface area contributed by atoms with E-state index in [-0.39, 0.29) is 17.5 Å². The molecular formula is C25H30F3N3O2. The van der Waals surface area contributed by atoms with E-state index < -0.39 is 11.9 Å². The van der Waals surface area contributed by atoms with Crippen LogP contribution in [0.25, 0.3) is 0 Å². The van der Waals surface area contributed by atoms with E-state index in [0.29, 0.717) is 25.7 Å². The van der Waals surface area contributed by atoms with Gasteiger partial charge in [0.25, 0.3) is 5.91 Å². The number of aromatic nitrogens is 1. The third-order valence-electron chi connectivity index (χ3n) is 6.97. The molecule has 1 aromatic heterocycles. The molecule has 4 rings (SSSR count). The van der Waals surface area contributed by atoms with E-state index in [4.69, 9.17) is 4.74 Å². The minimum Gasteiger partial charge on any atom is -0.494 e. The van der Waals surface area contributed by atoms with E-state index >= 15 is 0 Å². The molecule has 178 valence electrons. The van der Waals surface area contributed by atoms with E-state index in [9.17, 15) is 18.0 Å². The molecule has 0 aliphatic carbocycles. The van der Waals surface area contributed by atoms with Gasteiger partial charge in [0.05, 0.1) is 12.2 Å². The van der Waals surface area contributed by atoms with Crippen LogP contribution in [0.2, 0.25) is 0 Å². The molecule has 2 atom stereocenters. The summed E-state index contributed by atoms with van der Waals surface area (Å²) in [7, 11) is 0. The van der Waals surface area contributed by atoms with Crippen LogP contribution in [0.4, 0.5) is 13.2 Å². The monoisotopic (exact) mass is 461 g/mol. The highest BCUT2D eigenvalue weighted by Gasteiger charge is 2.38. The second kappa shape index (κ2) is 9.33. The number of benzene rings is 1. The number of carbonyl (C=O) groups excluding carboxylic acids is 1. The first-order valence-electron chi connectivity index (χ1n) is 11.5. The molecule has 0 radical (unpaired) electrons. The van der Waals surface area contributed by atoms with Gasteiger partial charge >= 0.3 is 6.18 Å². The average Bonchev–Trinajstić information content (AvgIpc) is 2.81. The lowest BCUT2D eigenvalue weighted by atomic mass is 9.86. The summed E-state index contributed by atoms with van der Waals surface area (Å²) < 4.78 is 44.1. The highest BCUT2D eigenvalue weighted by molar-refractivity contribution is 5.94. The van der Waals surface area contributed by atoms with Crippen molar-refractivity contribution in [1.82, 2.24) is 14.8 Å². The summed E-state index contributed by atoms with van der Waals surface area (Å²) in [6.45, 7) is 8.71. The quantitative estimate of drug-likeness (QED) is 0.631. The number of alkyl halides is 3. The number of halogens is 3. The van der Waals surface area contributed by atoms with Crippen molar-refractivity contribution in [3.63, 3.8) is 0 Å². The van der Waals surface area contributed by atoms with Gasteiger partial charge in [0.2, 0.25) is 0 Å². The molecule has 0 unspecified atom stereocenters. The van der Waals surface area contributed by atoms with Gasteiger partial charge in [0.1, 0.15) is 11.4 Å². The number of piperidine rings is 1. The van der Waals surface area contributed by atoms with Crippen LogP contribution in [-0.2, 0) is 6.18 Å². The molecule has 5 nitrogen and oxygen atoms in total. The zero-order valence-electron chi connectivity index (χ0n) is 19.3. The lowest BCUT2D eigenvalue weighted by Crippen LogP contribution is -2.57. The number of ether oxygens (including phenoxy) is 1. The smallest absolute Gasteiger partial charge is 0.433 e. The van der Waals surface area contributed by atoms with Crippen LogP contribution < -0.4 is 4.74 Å². The Morgan fingerprint density at radius 3 is 2.58 bits per heavy atom. The Kier molecular flexibility index (Phi) is 6.66. The molecule has 1 amide bonds. The number of hydrogen-bond acceptors (Lipinski definition) is 4. The van der Waals surface area contributed by atoms with Gasteiger partial charge < -0.3 is 9.64 Å². The van der Waals surface area contributed by atoms with Crippen molar-refractivity contribution in [2.45, 2.75) is 58.3 Å². The van der Waals surface area contributed by atoms with Gasteiger partial charge in [-0.2, -0.15) is 13.2 Å². The Balaban J connectivity index is 1.48. The summed E-state index contributed by atoms with van der Waals surface area (Å²) in [5.41, 5.74) is 2.94. The summed E-state index contributed by atoms with van der Waals surface area (Å²) in [6, 6.07) is 6.85. The zero-order valence-corrected chi connectivity index (χ0v) is 19.3. The number of amides is 1. The largest absolute Gasteiger partial charge is 0.494 e. The van der Waals surface area contributed by atoms with E-state index in [1.165, 1.54) is 22.8 Å². The number of pyridine rings is 1. The summed E-state index contributed by atoms with van der Waals surface area (Å²) in [6.07, 6.45) is -0.335. The number of carbonyl (C=O) groups is 1. The third-order valence-corrected chi connectivity index (χ3v) is 6.97. The van der Waals surface area contributed by atoms with Crippen molar-refractivity contribution >= 4 is 5.91 Å². The molecule has 1 aromatic carbocycles. The molecule has 2 aliphatic heterocycles. The fourth-order valence-corrected chi connectivity index (χ4v) is 5.13. The lowest BCUT2D eigenvalue weighted by molar-refractivity contribution is -0.141. The SMILES string of the molecule is CCOc1ccc([C@H]2CCC[C@H]3CN(C(=O)c4ccc(C(F)(F)F)nc4)CCN32)c(C)c1C. The van der Waals surface area contributed by atoms with Crippen molar-refractivity contribution in [2.75, 3.05) is 26.2 Å². The van der Waals surface area contributed by atoms with E-state index in [0.717, 1.165) is 43.8 Å². The molecule has 0 spiro atoms. The fourth-order valence-electron chi connectivity index (χ4n) is 5.13. The van der Waals surface area contributed by atoms with Crippen molar-refractivity contribution in [3.05, 3.63) is 58.4 Å². The van der Waals surface area contributed by atoms with Gasteiger partial charge in [0.15, 0.2) is 0 Å². The first-order valence-corrected chi connectivity index (χ1v) is 11.5. The molecule has 0 bridgehead atoms. The number of nitrogens with zero attached hydrogens (tertiary/aromatic N) is 3. The van der Waals surface area contributed by atoms with E-state index in [1.54, 1.807) is 4.90 Å². The second-order valence-electron chi connectivity index (χ2n) is 8.86. The normalized spacial score (nSPS) is 21.6. The molecule has 8 heteroatoms. The van der Waals surface area contributed by atoms with Gasteiger partial charge in [-0.3, -0.25) is 14.7 Å². The Morgan fingerprint density at radius 1 is 1.12 bits per heavy atom. The highest BCUT2D eigenvalue weighted by Crippen LogP contribution is 2.39. The Labute approximate surface area is 192 Å². The molecular weight excluding hydrogens is 431 g/mol. The predicted molar refractivity (Wildman–Crippen MR) is 119 cm³/mol. The van der Waals surface area contributed by atoms with Crippen molar-refractivity contribution in [1.29, 1.82) is 0 Å². The van der Waals surface area contributed by atoms with Crippen molar-refractivity contribution in [3.8, 4) is 5.75 Å². The van der Waals surface area contributed by atoms with E-state index in [2.05, 4.69) is 35.9 Å². The number of fused-ring (bicyclic) bond motifs is 1. The van der Waals surface area contributed by atoms with Gasteiger partial charge in [-0.25, -0.2) is 0 Å². The van der Waals surface area contributed by atoms with Crippen LogP contribution in [-0.4, -0.2) is 53.0 Å². The Hall–Kier alpha value is -2.61. The number of rotatable bonds is 4. The molecule has 0 N–H and O–H groups in total. The Morgan fingerprint density at radius 2 is 1.91 bits per heavy atom. The minimum atomic E-state index is -4.51. The summed E-state index contributed by atoms with van der Waals surface area (Å²) in [5.74, 6) is 0.665. The van der Waals surface area contributed by atoms with Gasteiger partial charge in [-0.05, 0) is 74.9 Å². The van der Waals surface area contributed by atoms with Gasteiger partial charge in [-0.1, -0.05) is 6.07 Å². The van der Waals surface area contributed by atoms with Crippen molar-refractivity contribution < 1.29 is 22.7 Å². The predicted octanol–water partition coefficient (Wildman–Crippen LogP) is 5.17. The zero-order chi connectivity index (χ0) is 23.8. The number of piperazine rings is 1. The maximum absolute atomic E-state index is 13.0. The van der Waals surface area contributed by atoms with E-state index in [1.807, 2.05) is 6.92 Å². The molecule has 2 aromatic rings. The molecule has 2 saturated heterocycles. The topological polar surface area (TPSA) is 45.7 Å². The highest BCUT2D eigenvalue weighted by atomic mass is 19.4. The van der Waals surface area contributed by atoms with Crippen LogP contribution in [0.5, 0.6) is 5.75 Å². The molecule has 2 fully saturated rings. The molecule has 0 saturated carbocycles. The van der Waals surface area contributed by atoms with Crippen LogP contribution in [0.3, 0.4) is 0 Å². The summed E-state index contributed by atoms with van der Waals surface area (Å²) >= 11 is 0. The van der Waals surface area contributed by atoms with Crippen molar-refractivity contribution in [2.24, 2.45) is 0 Å². The third kappa shape index (κ3) is 4.71. The summed E-state index contributed by atoms with van der Waals surface area (Å²) in [4.78, 5) is 20.7. The number of hydrogen-bond donors (Lipinski definition) is 0. The standard InChI is InChI=1S/C25H30F3N3O2/c1-4-33-22-10-9-20(16(2)17(22)3)21-7-5-6-19-15-30(12-13-31(19)21)24(32)18-8-11-23(29-14-18)25(26,27)28/h8-11,14,19,21H,4-7,12-13,15H2,1-3H3/t19-,21+/m0/s1. The lowest BCUT2D eigenvalue weighted by Gasteiger charge is -2.48. The van der Waals surface area contributed by atoms with Crippen LogP contribution >= 0.6 is 0 Å². The second-order valence-corrected chi connectivity index (χ2v) is 8.86. The minimum absolute atomic E-state index is 0.196. The molecule has 2 aliphatic rings. The molecule has 3 heterocycles. The van der Waals surface area contributed by atoms with Crippen LogP contribution in [0, 0.1) is 13.8 Å². The first-order chi connectivity index (χ1) is 15.7. The van der Waals surface area contributed by atoms with Crippen LogP contribution in [0.15, 0.2) is 30.5 Å². The first kappa shape index (κ1) is 23.5. The average molecular weight is 462 g/mol. The van der Waals surface area contributed by atoms with Gasteiger partial charge in [0, 0.05) is 37.9 Å². The maximum Gasteiger partial charge on any atom is 0.433 e. The Bertz CT molecular complexity index is 1010. The fraction of sp³-hybridized carbons (Fsp3) is 0.520. The maximum atomic E-state index is 13.0. The van der Waals surface area contributed by atoms with Crippen LogP contribution in [0.1, 0.15) is 65.0 Å². The molecule has 33 heavy (non-hydrogen) atoms. The summed E-state index contributed by atoms with van der Waals surface area (Å²) in [5, 5.41) is 0. The van der Waals surface area contributed by atoms with Gasteiger partial charge in [-0.15, -0.1) is 0 Å².